The van der Waals surface area contributed by atoms with E-state index in [4.69, 9.17) is 0 Å². The number of anilines is 1. The second-order valence-corrected chi connectivity index (χ2v) is 8.11. The standard InChI is InChI=1S/C22H23IN4O/c1-17-13-20(23)7-8-21(17)25-22(28)19(14-24)16-27-11-9-26(10-12-27)15-18-5-3-2-4-6-18/h2-8,13,16H,9-12,15H2,1H3,(H,25,28)/b19-16-. The van der Waals surface area contributed by atoms with E-state index in [-0.39, 0.29) is 11.5 Å². The third-order valence-electron chi connectivity index (χ3n) is 4.77. The lowest BCUT2D eigenvalue weighted by molar-refractivity contribution is -0.112. The first-order chi connectivity index (χ1) is 13.5. The van der Waals surface area contributed by atoms with E-state index in [2.05, 4.69) is 62.0 Å². The average molecular weight is 486 g/mol. The van der Waals surface area contributed by atoms with Gasteiger partial charge in [-0.15, -0.1) is 0 Å². The first-order valence-corrected chi connectivity index (χ1v) is 10.3. The third-order valence-corrected chi connectivity index (χ3v) is 5.44. The Morgan fingerprint density at radius 2 is 1.89 bits per heavy atom. The van der Waals surface area contributed by atoms with Crippen LogP contribution in [-0.2, 0) is 11.3 Å². The lowest BCUT2D eigenvalue weighted by Gasteiger charge is -2.34. The molecule has 2 aromatic rings. The Labute approximate surface area is 179 Å². The van der Waals surface area contributed by atoms with Gasteiger partial charge in [-0.25, -0.2) is 0 Å². The number of rotatable bonds is 5. The maximum absolute atomic E-state index is 12.5. The van der Waals surface area contributed by atoms with Crippen LogP contribution < -0.4 is 5.32 Å². The van der Waals surface area contributed by atoms with Crippen molar-refractivity contribution in [2.24, 2.45) is 0 Å². The Balaban J connectivity index is 1.57. The largest absolute Gasteiger partial charge is 0.374 e. The highest BCUT2D eigenvalue weighted by Crippen LogP contribution is 2.18. The van der Waals surface area contributed by atoms with Gasteiger partial charge in [0.05, 0.1) is 0 Å². The maximum atomic E-state index is 12.5. The van der Waals surface area contributed by atoms with Crippen LogP contribution in [0.4, 0.5) is 5.69 Å². The molecule has 1 N–H and O–H groups in total. The molecule has 1 aliphatic heterocycles. The van der Waals surface area contributed by atoms with Crippen molar-refractivity contribution in [3.8, 4) is 6.07 Å². The third kappa shape index (κ3) is 5.57. The summed E-state index contributed by atoms with van der Waals surface area (Å²) >= 11 is 2.23. The lowest BCUT2D eigenvalue weighted by atomic mass is 10.2. The van der Waals surface area contributed by atoms with Crippen molar-refractivity contribution < 1.29 is 4.79 Å². The van der Waals surface area contributed by atoms with Crippen molar-refractivity contribution in [1.29, 1.82) is 5.26 Å². The number of nitrogens with one attached hydrogen (secondary N) is 1. The number of hydrogen-bond acceptors (Lipinski definition) is 4. The number of amides is 1. The summed E-state index contributed by atoms with van der Waals surface area (Å²) in [5, 5.41) is 12.3. The molecule has 0 unspecified atom stereocenters. The molecule has 1 aliphatic rings. The molecule has 5 nitrogen and oxygen atoms in total. The zero-order valence-electron chi connectivity index (χ0n) is 15.9. The number of benzene rings is 2. The first-order valence-electron chi connectivity index (χ1n) is 9.25. The fraction of sp³-hybridized carbons (Fsp3) is 0.273. The maximum Gasteiger partial charge on any atom is 0.267 e. The second-order valence-electron chi connectivity index (χ2n) is 6.87. The molecule has 0 aliphatic carbocycles. The smallest absolute Gasteiger partial charge is 0.267 e. The molecule has 144 valence electrons. The van der Waals surface area contributed by atoms with Crippen molar-refractivity contribution in [3.63, 3.8) is 0 Å². The van der Waals surface area contributed by atoms with Crippen molar-refractivity contribution in [1.82, 2.24) is 9.80 Å². The van der Waals surface area contributed by atoms with E-state index in [1.54, 1.807) is 6.20 Å². The van der Waals surface area contributed by atoms with E-state index in [0.29, 0.717) is 0 Å². The summed E-state index contributed by atoms with van der Waals surface area (Å²) < 4.78 is 1.11. The summed E-state index contributed by atoms with van der Waals surface area (Å²) in [6, 6.07) is 18.3. The summed E-state index contributed by atoms with van der Waals surface area (Å²) in [6.07, 6.45) is 1.69. The second kappa shape index (κ2) is 9.71. The predicted molar refractivity (Wildman–Crippen MR) is 120 cm³/mol. The molecule has 1 fully saturated rings. The van der Waals surface area contributed by atoms with Gasteiger partial charge in [0.2, 0.25) is 0 Å². The Hall–Kier alpha value is -2.37. The van der Waals surface area contributed by atoms with Gasteiger partial charge in [-0.3, -0.25) is 9.69 Å². The number of nitrogens with zero attached hydrogens (tertiary/aromatic N) is 3. The average Bonchev–Trinajstić information content (AvgIpc) is 2.70. The Morgan fingerprint density at radius 3 is 2.54 bits per heavy atom. The molecule has 1 amide bonds. The fourth-order valence-corrected chi connectivity index (χ4v) is 3.82. The van der Waals surface area contributed by atoms with Gasteiger partial charge in [-0.1, -0.05) is 30.3 Å². The molecular weight excluding hydrogens is 463 g/mol. The summed E-state index contributed by atoms with van der Waals surface area (Å²) in [7, 11) is 0. The minimum Gasteiger partial charge on any atom is -0.374 e. The van der Waals surface area contributed by atoms with Crippen LogP contribution in [0.15, 0.2) is 60.3 Å². The first kappa shape index (κ1) is 20.4. The summed E-state index contributed by atoms with van der Waals surface area (Å²) in [4.78, 5) is 17.0. The van der Waals surface area contributed by atoms with E-state index < -0.39 is 0 Å². The fourth-order valence-electron chi connectivity index (χ4n) is 3.17. The quantitative estimate of drug-likeness (QED) is 0.397. The van der Waals surface area contributed by atoms with Crippen molar-refractivity contribution in [2.75, 3.05) is 31.5 Å². The minimum absolute atomic E-state index is 0.134. The van der Waals surface area contributed by atoms with Gasteiger partial charge in [0.15, 0.2) is 0 Å². The van der Waals surface area contributed by atoms with Gasteiger partial charge in [-0.05, 0) is 58.8 Å². The van der Waals surface area contributed by atoms with Crippen molar-refractivity contribution >= 4 is 34.2 Å². The number of carbonyl (C=O) groups is 1. The van der Waals surface area contributed by atoms with Gasteiger partial charge in [0, 0.05) is 48.2 Å². The van der Waals surface area contributed by atoms with Crippen LogP contribution >= 0.6 is 22.6 Å². The Morgan fingerprint density at radius 1 is 1.18 bits per heavy atom. The molecule has 1 heterocycles. The van der Waals surface area contributed by atoms with Crippen LogP contribution in [0.2, 0.25) is 0 Å². The van der Waals surface area contributed by atoms with E-state index >= 15 is 0 Å². The van der Waals surface area contributed by atoms with Gasteiger partial charge in [-0.2, -0.15) is 5.26 Å². The number of piperazine rings is 1. The highest BCUT2D eigenvalue weighted by Gasteiger charge is 2.18. The van der Waals surface area contributed by atoms with Crippen molar-refractivity contribution in [3.05, 3.63) is 75.0 Å². The molecule has 0 spiro atoms. The number of nitriles is 1. The summed E-state index contributed by atoms with van der Waals surface area (Å²) in [6.45, 7) is 6.28. The molecule has 0 saturated carbocycles. The zero-order valence-corrected chi connectivity index (χ0v) is 18.0. The molecule has 28 heavy (non-hydrogen) atoms. The Kier molecular flexibility index (Phi) is 7.06. The van der Waals surface area contributed by atoms with E-state index in [0.717, 1.165) is 47.5 Å². The summed E-state index contributed by atoms with van der Waals surface area (Å²) in [5.41, 5.74) is 3.15. The normalized spacial score (nSPS) is 15.2. The topological polar surface area (TPSA) is 59.4 Å². The van der Waals surface area contributed by atoms with E-state index in [1.807, 2.05) is 37.3 Å². The van der Waals surface area contributed by atoms with Crippen LogP contribution in [0.25, 0.3) is 0 Å². The van der Waals surface area contributed by atoms with Crippen molar-refractivity contribution in [2.45, 2.75) is 13.5 Å². The molecule has 0 aromatic heterocycles. The van der Waals surface area contributed by atoms with Gasteiger partial charge in [0.1, 0.15) is 11.6 Å². The zero-order chi connectivity index (χ0) is 19.9. The Bertz CT molecular complexity index is 896. The van der Waals surface area contributed by atoms with E-state index in [9.17, 15) is 10.1 Å². The number of aryl methyl sites for hydroxylation is 1. The number of halogens is 1. The highest BCUT2D eigenvalue weighted by molar-refractivity contribution is 14.1. The number of hydrogen-bond donors (Lipinski definition) is 1. The molecule has 0 radical (unpaired) electrons. The SMILES string of the molecule is Cc1cc(I)ccc1NC(=O)/C(C#N)=C\N1CCN(Cc2ccccc2)CC1. The molecule has 0 atom stereocenters. The molecule has 2 aromatic carbocycles. The highest BCUT2D eigenvalue weighted by atomic mass is 127. The molecular formula is C22H23IN4O. The minimum atomic E-state index is -0.362. The predicted octanol–water partition coefficient (Wildman–Crippen LogP) is 3.76. The van der Waals surface area contributed by atoms with Crippen LogP contribution in [-0.4, -0.2) is 41.9 Å². The molecule has 3 rings (SSSR count). The van der Waals surface area contributed by atoms with Gasteiger partial charge in [0.25, 0.3) is 5.91 Å². The van der Waals surface area contributed by atoms with E-state index in [1.165, 1.54) is 5.56 Å². The van der Waals surface area contributed by atoms with Crippen LogP contribution in [0.1, 0.15) is 11.1 Å². The van der Waals surface area contributed by atoms with Gasteiger partial charge >= 0.3 is 0 Å². The number of carbonyl (C=O) groups excluding carboxylic acids is 1. The molecule has 6 heteroatoms. The summed E-state index contributed by atoms with van der Waals surface area (Å²) in [5.74, 6) is -0.362. The lowest BCUT2D eigenvalue weighted by Crippen LogP contribution is -2.43. The molecule has 1 saturated heterocycles. The van der Waals surface area contributed by atoms with Gasteiger partial charge < -0.3 is 10.2 Å². The van der Waals surface area contributed by atoms with Crippen LogP contribution in [0, 0.1) is 21.8 Å². The van der Waals surface area contributed by atoms with Crippen LogP contribution in [0.3, 0.4) is 0 Å². The van der Waals surface area contributed by atoms with Crippen LogP contribution in [0.5, 0.6) is 0 Å². The molecule has 0 bridgehead atoms. The monoisotopic (exact) mass is 486 g/mol.